The summed E-state index contributed by atoms with van der Waals surface area (Å²) < 4.78 is 5.28. The minimum Gasteiger partial charge on any atom is -0.384 e. The number of hydrogen-bond acceptors (Lipinski definition) is 2. The Morgan fingerprint density at radius 2 is 2.06 bits per heavy atom. The lowest BCUT2D eigenvalue weighted by Gasteiger charge is -2.25. The van der Waals surface area contributed by atoms with Crippen LogP contribution in [0.15, 0.2) is 24.3 Å². The van der Waals surface area contributed by atoms with E-state index in [9.17, 15) is 0 Å². The van der Waals surface area contributed by atoms with Crippen LogP contribution < -0.4 is 5.32 Å². The van der Waals surface area contributed by atoms with Gasteiger partial charge in [0.25, 0.3) is 0 Å². The van der Waals surface area contributed by atoms with E-state index in [0.29, 0.717) is 12.5 Å². The van der Waals surface area contributed by atoms with E-state index in [4.69, 9.17) is 16.3 Å². The fourth-order valence-electron chi connectivity index (χ4n) is 1.66. The fraction of sp³-hybridized carbons (Fsp3) is 0.571. The van der Waals surface area contributed by atoms with E-state index >= 15 is 0 Å². The Bertz CT molecular complexity index is 346. The molecule has 96 valence electrons. The van der Waals surface area contributed by atoms with Gasteiger partial charge >= 0.3 is 0 Å². The van der Waals surface area contributed by atoms with Gasteiger partial charge in [0, 0.05) is 30.1 Å². The Morgan fingerprint density at radius 3 is 2.59 bits per heavy atom. The fourth-order valence-corrected chi connectivity index (χ4v) is 1.86. The van der Waals surface area contributed by atoms with Crippen molar-refractivity contribution in [1.82, 2.24) is 5.32 Å². The molecule has 0 saturated carbocycles. The highest BCUT2D eigenvalue weighted by Crippen LogP contribution is 2.20. The second kappa shape index (κ2) is 6.39. The quantitative estimate of drug-likeness (QED) is 0.870. The normalized spacial score (nSPS) is 13.7. The maximum atomic E-state index is 6.02. The molecule has 0 radical (unpaired) electrons. The summed E-state index contributed by atoms with van der Waals surface area (Å²) in [6.45, 7) is 8.07. The molecule has 0 spiro atoms. The van der Waals surface area contributed by atoms with E-state index in [1.165, 1.54) is 5.56 Å². The van der Waals surface area contributed by atoms with Crippen LogP contribution in [0.2, 0.25) is 5.02 Å². The van der Waals surface area contributed by atoms with Gasteiger partial charge in [0.1, 0.15) is 0 Å². The summed E-state index contributed by atoms with van der Waals surface area (Å²) in [7, 11) is 1.73. The summed E-state index contributed by atoms with van der Waals surface area (Å²) in [6.07, 6.45) is 0. The van der Waals surface area contributed by atoms with Crippen LogP contribution in [-0.4, -0.2) is 25.8 Å². The predicted molar refractivity (Wildman–Crippen MR) is 73.8 cm³/mol. The molecule has 17 heavy (non-hydrogen) atoms. The van der Waals surface area contributed by atoms with Gasteiger partial charge in [-0.1, -0.05) is 23.7 Å². The van der Waals surface area contributed by atoms with E-state index < -0.39 is 0 Å². The molecule has 2 nitrogen and oxygen atoms in total. The number of benzene rings is 1. The zero-order valence-electron chi connectivity index (χ0n) is 11.1. The predicted octanol–water partition coefficient (Wildman–Crippen LogP) is 3.46. The molecule has 0 fully saturated rings. The zero-order chi connectivity index (χ0) is 12.9. The molecule has 3 heteroatoms. The smallest absolute Gasteiger partial charge is 0.0543 e. The van der Waals surface area contributed by atoms with Crippen LogP contribution in [0.1, 0.15) is 32.3 Å². The van der Waals surface area contributed by atoms with Crippen LogP contribution in [0.5, 0.6) is 0 Å². The van der Waals surface area contributed by atoms with Gasteiger partial charge in [-0.2, -0.15) is 0 Å². The average Bonchev–Trinajstić information content (AvgIpc) is 2.23. The van der Waals surface area contributed by atoms with Gasteiger partial charge < -0.3 is 10.1 Å². The van der Waals surface area contributed by atoms with Crippen LogP contribution in [-0.2, 0) is 4.74 Å². The molecule has 1 N–H and O–H groups in total. The van der Waals surface area contributed by atoms with Crippen molar-refractivity contribution in [3.8, 4) is 0 Å². The minimum atomic E-state index is 0.116. The van der Waals surface area contributed by atoms with Crippen molar-refractivity contribution in [2.45, 2.75) is 32.2 Å². The second-order valence-electron chi connectivity index (χ2n) is 5.34. The van der Waals surface area contributed by atoms with Crippen molar-refractivity contribution in [3.63, 3.8) is 0 Å². The average molecular weight is 256 g/mol. The van der Waals surface area contributed by atoms with Gasteiger partial charge in [-0.25, -0.2) is 0 Å². The lowest BCUT2D eigenvalue weighted by Crippen LogP contribution is -2.39. The number of ether oxygens (including phenoxy) is 1. The number of rotatable bonds is 5. The van der Waals surface area contributed by atoms with Gasteiger partial charge in [-0.3, -0.25) is 0 Å². The van der Waals surface area contributed by atoms with E-state index in [0.717, 1.165) is 11.6 Å². The van der Waals surface area contributed by atoms with Crippen LogP contribution in [0, 0.1) is 0 Å². The van der Waals surface area contributed by atoms with E-state index in [1.807, 2.05) is 18.2 Å². The summed E-state index contributed by atoms with van der Waals surface area (Å²) in [4.78, 5) is 0. The molecule has 0 heterocycles. The molecule has 0 saturated heterocycles. The highest BCUT2D eigenvalue weighted by atomic mass is 35.5. The van der Waals surface area contributed by atoms with E-state index in [1.54, 1.807) is 7.11 Å². The zero-order valence-corrected chi connectivity index (χ0v) is 11.8. The molecule has 0 amide bonds. The highest BCUT2D eigenvalue weighted by molar-refractivity contribution is 6.30. The lowest BCUT2D eigenvalue weighted by atomic mass is 9.98. The second-order valence-corrected chi connectivity index (χ2v) is 5.77. The van der Waals surface area contributed by atoms with Crippen molar-refractivity contribution < 1.29 is 4.74 Å². The summed E-state index contributed by atoms with van der Waals surface area (Å²) >= 11 is 6.02. The standard InChI is InChI=1S/C14H22ClNO/c1-14(2,3)16-9-12(10-17-4)11-6-5-7-13(15)8-11/h5-8,12,16H,9-10H2,1-4H3. The molecule has 0 aliphatic heterocycles. The Morgan fingerprint density at radius 1 is 1.35 bits per heavy atom. The van der Waals surface area contributed by atoms with Gasteiger partial charge in [-0.05, 0) is 38.5 Å². The first-order chi connectivity index (χ1) is 7.92. The minimum absolute atomic E-state index is 0.116. The molecule has 0 aliphatic carbocycles. The van der Waals surface area contributed by atoms with Crippen molar-refractivity contribution >= 4 is 11.6 Å². The molecule has 0 bridgehead atoms. The van der Waals surface area contributed by atoms with Gasteiger partial charge in [0.05, 0.1) is 6.61 Å². The first kappa shape index (κ1) is 14.5. The third-order valence-corrected chi connectivity index (χ3v) is 2.80. The lowest BCUT2D eigenvalue weighted by molar-refractivity contribution is 0.174. The molecule has 1 atom stereocenters. The van der Waals surface area contributed by atoms with E-state index in [-0.39, 0.29) is 5.54 Å². The maximum absolute atomic E-state index is 6.02. The van der Waals surface area contributed by atoms with Gasteiger partial charge in [0.15, 0.2) is 0 Å². The van der Waals surface area contributed by atoms with Crippen molar-refractivity contribution in [3.05, 3.63) is 34.9 Å². The number of nitrogens with one attached hydrogen (secondary N) is 1. The molecule has 0 aromatic heterocycles. The SMILES string of the molecule is COCC(CNC(C)(C)C)c1cccc(Cl)c1. The topological polar surface area (TPSA) is 21.3 Å². The molecular formula is C14H22ClNO. The third kappa shape index (κ3) is 5.53. The first-order valence-corrected chi connectivity index (χ1v) is 6.29. The highest BCUT2D eigenvalue weighted by Gasteiger charge is 2.16. The van der Waals surface area contributed by atoms with Crippen molar-refractivity contribution in [2.24, 2.45) is 0 Å². The summed E-state index contributed by atoms with van der Waals surface area (Å²) in [5.74, 6) is 0.331. The van der Waals surface area contributed by atoms with Gasteiger partial charge in [0.2, 0.25) is 0 Å². The molecule has 1 rings (SSSR count). The molecule has 1 aromatic carbocycles. The molecule has 1 unspecified atom stereocenters. The Balaban J connectivity index is 2.71. The Kier molecular flexibility index (Phi) is 5.44. The van der Waals surface area contributed by atoms with Crippen molar-refractivity contribution in [1.29, 1.82) is 0 Å². The van der Waals surface area contributed by atoms with Crippen LogP contribution >= 0.6 is 11.6 Å². The monoisotopic (exact) mass is 255 g/mol. The van der Waals surface area contributed by atoms with Crippen LogP contribution in [0.4, 0.5) is 0 Å². The summed E-state index contributed by atoms with van der Waals surface area (Å²) in [6, 6.07) is 7.99. The Hall–Kier alpha value is -0.570. The largest absolute Gasteiger partial charge is 0.384 e. The van der Waals surface area contributed by atoms with Crippen LogP contribution in [0.25, 0.3) is 0 Å². The number of hydrogen-bond donors (Lipinski definition) is 1. The molecule has 1 aromatic rings. The van der Waals surface area contributed by atoms with Gasteiger partial charge in [-0.15, -0.1) is 0 Å². The summed E-state index contributed by atoms with van der Waals surface area (Å²) in [5.41, 5.74) is 1.33. The maximum Gasteiger partial charge on any atom is 0.0543 e. The third-order valence-electron chi connectivity index (χ3n) is 2.57. The molecule has 0 aliphatic rings. The van der Waals surface area contributed by atoms with Crippen LogP contribution in [0.3, 0.4) is 0 Å². The molecular weight excluding hydrogens is 234 g/mol. The first-order valence-electron chi connectivity index (χ1n) is 5.92. The number of halogens is 1. The number of methoxy groups -OCH3 is 1. The Labute approximate surface area is 109 Å². The summed E-state index contributed by atoms with van der Waals surface area (Å²) in [5, 5.41) is 4.28. The van der Waals surface area contributed by atoms with Crippen molar-refractivity contribution in [2.75, 3.05) is 20.3 Å². The van der Waals surface area contributed by atoms with E-state index in [2.05, 4.69) is 32.2 Å².